The summed E-state index contributed by atoms with van der Waals surface area (Å²) in [5, 5.41) is 6.13. The van der Waals surface area contributed by atoms with Crippen LogP contribution in [-0.4, -0.2) is 38.3 Å². The van der Waals surface area contributed by atoms with Gasteiger partial charge in [-0.1, -0.05) is 6.07 Å². The zero-order chi connectivity index (χ0) is 20.0. The molecule has 146 valence electrons. The molecular weight excluding hydrogens is 371 g/mol. The van der Waals surface area contributed by atoms with Gasteiger partial charge in [0.05, 0.1) is 22.5 Å². The predicted octanol–water partition coefficient (Wildman–Crippen LogP) is 3.05. The van der Waals surface area contributed by atoms with E-state index in [0.717, 1.165) is 30.6 Å². The van der Waals surface area contributed by atoms with Gasteiger partial charge >= 0.3 is 0 Å². The molecule has 1 saturated heterocycles. The Morgan fingerprint density at radius 2 is 2.07 bits per heavy atom. The van der Waals surface area contributed by atoms with Gasteiger partial charge in [-0.3, -0.25) is 14.8 Å². The average Bonchev–Trinajstić information content (AvgIpc) is 3.36. The second-order valence-electron chi connectivity index (χ2n) is 7.29. The van der Waals surface area contributed by atoms with Gasteiger partial charge in [-0.2, -0.15) is 0 Å². The van der Waals surface area contributed by atoms with Crippen molar-refractivity contribution >= 4 is 28.3 Å². The van der Waals surface area contributed by atoms with Crippen LogP contribution in [-0.2, 0) is 0 Å². The lowest BCUT2D eigenvalue weighted by Gasteiger charge is -2.14. The van der Waals surface area contributed by atoms with Crippen LogP contribution >= 0.6 is 0 Å². The molecule has 4 aromatic rings. The van der Waals surface area contributed by atoms with Crippen LogP contribution in [0.15, 0.2) is 43.0 Å². The minimum atomic E-state index is -0.496. The van der Waals surface area contributed by atoms with Crippen molar-refractivity contribution in [2.75, 3.05) is 18.4 Å². The number of benzene rings is 1. The minimum absolute atomic E-state index is 0.228. The Balaban J connectivity index is 1.52. The van der Waals surface area contributed by atoms with Crippen molar-refractivity contribution in [3.63, 3.8) is 0 Å². The maximum absolute atomic E-state index is 14.3. The van der Waals surface area contributed by atoms with Gasteiger partial charge in [-0.05, 0) is 37.4 Å². The van der Waals surface area contributed by atoms with Gasteiger partial charge in [-0.25, -0.2) is 9.37 Å². The Morgan fingerprint density at radius 1 is 1.24 bits per heavy atom. The number of amides is 1. The third-order valence-corrected chi connectivity index (χ3v) is 5.29. The maximum atomic E-state index is 14.3. The molecular formula is C21H19FN6O. The van der Waals surface area contributed by atoms with E-state index in [0.29, 0.717) is 28.4 Å². The van der Waals surface area contributed by atoms with E-state index in [-0.39, 0.29) is 11.6 Å². The zero-order valence-corrected chi connectivity index (χ0v) is 15.8. The molecule has 1 aromatic carbocycles. The molecule has 0 unspecified atom stereocenters. The number of halogens is 1. The topological polar surface area (TPSA) is 84.2 Å². The number of carbonyl (C=O) groups is 1. The molecule has 8 heteroatoms. The fraction of sp³-hybridized carbons (Fsp3) is 0.238. The predicted molar refractivity (Wildman–Crippen MR) is 108 cm³/mol. The molecule has 0 radical (unpaired) electrons. The standard InChI is InChI=1S/C21H19FN6O/c1-12-10-28-11-14(8-17(22)20(28)26-12)27-21(29)16-3-2-15(13-4-5-23-9-13)18-19(16)25-7-6-24-18/h2-3,6-8,10-11,13,23H,4-5,9H2,1H3,(H,27,29)/t13-/m1/s1. The minimum Gasteiger partial charge on any atom is -0.320 e. The van der Waals surface area contributed by atoms with Gasteiger partial charge < -0.3 is 15.0 Å². The molecule has 1 aliphatic rings. The molecule has 1 amide bonds. The number of anilines is 1. The van der Waals surface area contributed by atoms with Crippen LogP contribution in [0, 0.1) is 12.7 Å². The van der Waals surface area contributed by atoms with E-state index in [4.69, 9.17) is 0 Å². The number of pyridine rings is 1. The molecule has 5 rings (SSSR count). The second-order valence-corrected chi connectivity index (χ2v) is 7.29. The molecule has 0 bridgehead atoms. The summed E-state index contributed by atoms with van der Waals surface area (Å²) in [5.41, 5.74) is 4.06. The Labute approximate surface area is 166 Å². The number of carbonyl (C=O) groups excluding carboxylic acids is 1. The quantitative estimate of drug-likeness (QED) is 0.562. The molecule has 1 fully saturated rings. The average molecular weight is 390 g/mol. The molecule has 3 aromatic heterocycles. The van der Waals surface area contributed by atoms with E-state index in [2.05, 4.69) is 25.6 Å². The highest BCUT2D eigenvalue weighted by atomic mass is 19.1. The van der Waals surface area contributed by atoms with Gasteiger partial charge in [0, 0.05) is 37.4 Å². The van der Waals surface area contributed by atoms with E-state index < -0.39 is 5.82 Å². The third-order valence-electron chi connectivity index (χ3n) is 5.29. The fourth-order valence-corrected chi connectivity index (χ4v) is 3.96. The number of nitrogens with one attached hydrogen (secondary N) is 2. The number of aryl methyl sites for hydroxylation is 1. The summed E-state index contributed by atoms with van der Waals surface area (Å²) in [6.07, 6.45) is 7.60. The number of nitrogens with zero attached hydrogens (tertiary/aromatic N) is 4. The monoisotopic (exact) mass is 390 g/mol. The summed E-state index contributed by atoms with van der Waals surface area (Å²) in [6.45, 7) is 3.65. The Bertz CT molecular complexity index is 1240. The van der Waals surface area contributed by atoms with Gasteiger partial charge in [0.1, 0.15) is 5.52 Å². The van der Waals surface area contributed by atoms with E-state index >= 15 is 0 Å². The SMILES string of the molecule is Cc1cn2cc(NC(=O)c3ccc([C@@H]4CCNC4)c4nccnc34)cc(F)c2n1. The number of rotatable bonds is 3. The van der Waals surface area contributed by atoms with E-state index in [9.17, 15) is 9.18 Å². The molecule has 0 aliphatic carbocycles. The lowest BCUT2D eigenvalue weighted by Crippen LogP contribution is -2.15. The number of hydrogen-bond acceptors (Lipinski definition) is 5. The lowest BCUT2D eigenvalue weighted by atomic mass is 9.95. The maximum Gasteiger partial charge on any atom is 0.257 e. The molecule has 1 atom stereocenters. The van der Waals surface area contributed by atoms with Crippen LogP contribution in [0.3, 0.4) is 0 Å². The number of aromatic nitrogens is 4. The Morgan fingerprint density at radius 3 is 2.86 bits per heavy atom. The van der Waals surface area contributed by atoms with Crippen LogP contribution in [0.25, 0.3) is 16.7 Å². The summed E-state index contributed by atoms with van der Waals surface area (Å²) in [5.74, 6) is -0.501. The van der Waals surface area contributed by atoms with E-state index in [1.54, 1.807) is 42.2 Å². The van der Waals surface area contributed by atoms with Crippen molar-refractivity contribution in [1.82, 2.24) is 24.7 Å². The van der Waals surface area contributed by atoms with Gasteiger partial charge in [0.25, 0.3) is 5.91 Å². The first-order valence-electron chi connectivity index (χ1n) is 9.50. The number of fused-ring (bicyclic) bond motifs is 2. The van der Waals surface area contributed by atoms with Crippen molar-refractivity contribution in [3.8, 4) is 0 Å². The molecule has 0 saturated carbocycles. The summed E-state index contributed by atoms with van der Waals surface area (Å²) < 4.78 is 15.9. The van der Waals surface area contributed by atoms with Crippen LogP contribution < -0.4 is 10.6 Å². The number of hydrogen-bond donors (Lipinski definition) is 2. The number of imidazole rings is 1. The first-order chi connectivity index (χ1) is 14.1. The summed E-state index contributed by atoms with van der Waals surface area (Å²) in [6, 6.07) is 4.99. The highest BCUT2D eigenvalue weighted by Crippen LogP contribution is 2.29. The van der Waals surface area contributed by atoms with Crippen molar-refractivity contribution in [2.45, 2.75) is 19.3 Å². The second kappa shape index (κ2) is 6.89. The lowest BCUT2D eigenvalue weighted by molar-refractivity contribution is 0.102. The zero-order valence-electron chi connectivity index (χ0n) is 15.8. The molecule has 2 N–H and O–H groups in total. The summed E-state index contributed by atoms with van der Waals surface area (Å²) in [4.78, 5) is 26.0. The largest absolute Gasteiger partial charge is 0.320 e. The van der Waals surface area contributed by atoms with Crippen molar-refractivity contribution in [1.29, 1.82) is 0 Å². The molecule has 0 spiro atoms. The highest BCUT2D eigenvalue weighted by Gasteiger charge is 2.22. The van der Waals surface area contributed by atoms with Crippen LogP contribution in [0.4, 0.5) is 10.1 Å². The van der Waals surface area contributed by atoms with Gasteiger partial charge in [0.2, 0.25) is 0 Å². The first kappa shape index (κ1) is 17.7. The smallest absolute Gasteiger partial charge is 0.257 e. The Kier molecular flexibility index (Phi) is 4.21. The van der Waals surface area contributed by atoms with E-state index in [1.807, 2.05) is 6.07 Å². The Hall–Kier alpha value is -3.39. The molecule has 7 nitrogen and oxygen atoms in total. The normalized spacial score (nSPS) is 16.6. The fourth-order valence-electron chi connectivity index (χ4n) is 3.96. The molecule has 1 aliphatic heterocycles. The first-order valence-corrected chi connectivity index (χ1v) is 9.50. The van der Waals surface area contributed by atoms with E-state index in [1.165, 1.54) is 6.07 Å². The van der Waals surface area contributed by atoms with Crippen molar-refractivity contribution < 1.29 is 9.18 Å². The van der Waals surface area contributed by atoms with Gasteiger partial charge in [-0.15, -0.1) is 0 Å². The molecule has 4 heterocycles. The van der Waals surface area contributed by atoms with Crippen LogP contribution in [0.1, 0.15) is 34.0 Å². The molecule has 29 heavy (non-hydrogen) atoms. The van der Waals surface area contributed by atoms with Crippen molar-refractivity contribution in [3.05, 3.63) is 65.6 Å². The van der Waals surface area contributed by atoms with Crippen molar-refractivity contribution in [2.24, 2.45) is 0 Å². The van der Waals surface area contributed by atoms with Gasteiger partial charge in [0.15, 0.2) is 11.5 Å². The van der Waals surface area contributed by atoms with Crippen LogP contribution in [0.5, 0.6) is 0 Å². The third kappa shape index (κ3) is 3.11. The summed E-state index contributed by atoms with van der Waals surface area (Å²) >= 11 is 0. The van der Waals surface area contributed by atoms with Crippen LogP contribution in [0.2, 0.25) is 0 Å². The summed E-state index contributed by atoms with van der Waals surface area (Å²) in [7, 11) is 0. The highest BCUT2D eigenvalue weighted by molar-refractivity contribution is 6.11.